The van der Waals surface area contributed by atoms with Gasteiger partial charge in [-0.05, 0) is 49.4 Å². The minimum absolute atomic E-state index is 0.00712. The van der Waals surface area contributed by atoms with Crippen LogP contribution in [0.4, 0.5) is 15.8 Å². The predicted molar refractivity (Wildman–Crippen MR) is 101 cm³/mol. The molecule has 6 nitrogen and oxygen atoms in total. The molecule has 0 aliphatic rings. The van der Waals surface area contributed by atoms with Crippen molar-refractivity contribution in [3.63, 3.8) is 0 Å². The van der Waals surface area contributed by atoms with Crippen molar-refractivity contribution < 1.29 is 23.5 Å². The molecule has 27 heavy (non-hydrogen) atoms. The molecule has 0 unspecified atom stereocenters. The van der Waals surface area contributed by atoms with Crippen molar-refractivity contribution in [3.8, 4) is 5.75 Å². The third-order valence-electron chi connectivity index (χ3n) is 3.63. The van der Waals surface area contributed by atoms with Gasteiger partial charge in [-0.3, -0.25) is 14.4 Å². The maximum atomic E-state index is 13.8. The van der Waals surface area contributed by atoms with Gasteiger partial charge in [0.05, 0.1) is 12.3 Å². The summed E-state index contributed by atoms with van der Waals surface area (Å²) in [6, 6.07) is 10.5. The highest BCUT2D eigenvalue weighted by atomic mass is 19.1. The third kappa shape index (κ3) is 6.22. The van der Waals surface area contributed by atoms with Gasteiger partial charge in [0.15, 0.2) is 5.78 Å². The average molecular weight is 372 g/mol. The zero-order valence-corrected chi connectivity index (χ0v) is 15.2. The molecular weight excluding hydrogens is 351 g/mol. The van der Waals surface area contributed by atoms with Gasteiger partial charge in [-0.15, -0.1) is 0 Å². The Hall–Kier alpha value is -3.22. The van der Waals surface area contributed by atoms with Crippen molar-refractivity contribution in [1.29, 1.82) is 0 Å². The van der Waals surface area contributed by atoms with E-state index in [0.717, 1.165) is 6.07 Å². The summed E-state index contributed by atoms with van der Waals surface area (Å²) in [7, 11) is 0. The lowest BCUT2D eigenvalue weighted by molar-refractivity contribution is -0.116. The van der Waals surface area contributed by atoms with E-state index in [4.69, 9.17) is 4.74 Å². The highest BCUT2D eigenvalue weighted by molar-refractivity contribution is 6.00. The average Bonchev–Trinajstić information content (AvgIpc) is 2.63. The largest absolute Gasteiger partial charge is 0.494 e. The van der Waals surface area contributed by atoms with E-state index in [-0.39, 0.29) is 30.2 Å². The number of halogens is 1. The molecular formula is C20H21FN2O4. The summed E-state index contributed by atoms with van der Waals surface area (Å²) >= 11 is 0. The SMILES string of the molecule is CCOc1ccc(C(=O)CCC(=O)Nc2cc(NC(C)=O)ccc2F)cc1. The molecule has 0 bridgehead atoms. The van der Waals surface area contributed by atoms with Crippen LogP contribution < -0.4 is 15.4 Å². The van der Waals surface area contributed by atoms with Crippen LogP contribution in [0.1, 0.15) is 37.0 Å². The molecule has 7 heteroatoms. The molecule has 0 radical (unpaired) electrons. The summed E-state index contributed by atoms with van der Waals surface area (Å²) in [5, 5.41) is 4.93. The Morgan fingerprint density at radius 2 is 1.70 bits per heavy atom. The summed E-state index contributed by atoms with van der Waals surface area (Å²) in [5.41, 5.74) is 0.787. The number of carbonyl (C=O) groups is 3. The maximum absolute atomic E-state index is 13.8. The van der Waals surface area contributed by atoms with Gasteiger partial charge in [0.1, 0.15) is 11.6 Å². The van der Waals surface area contributed by atoms with E-state index in [1.165, 1.54) is 19.1 Å². The van der Waals surface area contributed by atoms with E-state index >= 15 is 0 Å². The lowest BCUT2D eigenvalue weighted by Gasteiger charge is -2.09. The molecule has 0 fully saturated rings. The highest BCUT2D eigenvalue weighted by Gasteiger charge is 2.12. The molecule has 0 spiro atoms. The van der Waals surface area contributed by atoms with Gasteiger partial charge in [-0.2, -0.15) is 0 Å². The first kappa shape index (κ1) is 20.1. The molecule has 0 aliphatic carbocycles. The van der Waals surface area contributed by atoms with Gasteiger partial charge >= 0.3 is 0 Å². The van der Waals surface area contributed by atoms with Gasteiger partial charge in [0.2, 0.25) is 11.8 Å². The van der Waals surface area contributed by atoms with Gasteiger partial charge < -0.3 is 15.4 Å². The number of nitrogens with one attached hydrogen (secondary N) is 2. The fourth-order valence-corrected chi connectivity index (χ4v) is 2.39. The second kappa shape index (κ2) is 9.47. The second-order valence-corrected chi connectivity index (χ2v) is 5.80. The zero-order valence-electron chi connectivity index (χ0n) is 15.2. The van der Waals surface area contributed by atoms with E-state index in [1.54, 1.807) is 24.3 Å². The van der Waals surface area contributed by atoms with E-state index in [1.807, 2.05) is 6.92 Å². The molecule has 0 saturated carbocycles. The van der Waals surface area contributed by atoms with Crippen molar-refractivity contribution in [2.24, 2.45) is 0 Å². The van der Waals surface area contributed by atoms with Gasteiger partial charge in [-0.1, -0.05) is 0 Å². The van der Waals surface area contributed by atoms with E-state index < -0.39 is 11.7 Å². The molecule has 2 aromatic carbocycles. The lowest BCUT2D eigenvalue weighted by atomic mass is 10.1. The minimum Gasteiger partial charge on any atom is -0.494 e. The molecule has 0 heterocycles. The van der Waals surface area contributed by atoms with E-state index in [2.05, 4.69) is 10.6 Å². The van der Waals surface area contributed by atoms with Crippen molar-refractivity contribution in [3.05, 3.63) is 53.8 Å². The molecule has 2 amide bonds. The quantitative estimate of drug-likeness (QED) is 0.691. The number of rotatable bonds is 8. The number of ether oxygens (including phenoxy) is 1. The van der Waals surface area contributed by atoms with Crippen LogP contribution in [0.2, 0.25) is 0 Å². The Bertz CT molecular complexity index is 834. The van der Waals surface area contributed by atoms with Crippen molar-refractivity contribution in [2.75, 3.05) is 17.2 Å². The first-order chi connectivity index (χ1) is 12.9. The lowest BCUT2D eigenvalue weighted by Crippen LogP contribution is -2.15. The molecule has 0 aliphatic heterocycles. The van der Waals surface area contributed by atoms with Crippen molar-refractivity contribution >= 4 is 29.0 Å². The van der Waals surface area contributed by atoms with Gasteiger partial charge in [-0.25, -0.2) is 4.39 Å². The number of amides is 2. The smallest absolute Gasteiger partial charge is 0.224 e. The summed E-state index contributed by atoms with van der Waals surface area (Å²) < 4.78 is 19.1. The summed E-state index contributed by atoms with van der Waals surface area (Å²) in [6.45, 7) is 3.73. The standard InChI is InChI=1S/C20H21FN2O4/c1-3-27-16-7-4-14(5-8-16)19(25)10-11-20(26)23-18-12-15(22-13(2)24)6-9-17(18)21/h4-9,12H,3,10-11H2,1-2H3,(H,22,24)(H,23,26). The van der Waals surface area contributed by atoms with Crippen LogP contribution in [-0.4, -0.2) is 24.2 Å². The van der Waals surface area contributed by atoms with Crippen LogP contribution in [-0.2, 0) is 9.59 Å². The molecule has 2 N–H and O–H groups in total. The fourth-order valence-electron chi connectivity index (χ4n) is 2.39. The number of benzene rings is 2. The van der Waals surface area contributed by atoms with Crippen LogP contribution in [0.5, 0.6) is 5.75 Å². The number of hydrogen-bond donors (Lipinski definition) is 2. The second-order valence-electron chi connectivity index (χ2n) is 5.80. The number of anilines is 2. The van der Waals surface area contributed by atoms with Crippen LogP contribution >= 0.6 is 0 Å². The summed E-state index contributed by atoms with van der Waals surface area (Å²) in [6.07, 6.45) is -0.0946. The summed E-state index contributed by atoms with van der Waals surface area (Å²) in [4.78, 5) is 35.3. The topological polar surface area (TPSA) is 84.5 Å². The number of Topliss-reactive ketones (excluding diaryl/α,β-unsaturated/α-hetero) is 1. The first-order valence-electron chi connectivity index (χ1n) is 8.52. The molecule has 0 saturated heterocycles. The van der Waals surface area contributed by atoms with Crippen LogP contribution in [0.3, 0.4) is 0 Å². The van der Waals surface area contributed by atoms with Crippen LogP contribution in [0.25, 0.3) is 0 Å². The van der Waals surface area contributed by atoms with Crippen LogP contribution in [0, 0.1) is 5.82 Å². The maximum Gasteiger partial charge on any atom is 0.224 e. The third-order valence-corrected chi connectivity index (χ3v) is 3.63. The molecule has 0 aromatic heterocycles. The molecule has 2 rings (SSSR count). The summed E-state index contributed by atoms with van der Waals surface area (Å²) in [5.74, 6) is -0.953. The zero-order chi connectivity index (χ0) is 19.8. The van der Waals surface area contributed by atoms with Gasteiger partial charge in [0.25, 0.3) is 0 Å². The number of carbonyl (C=O) groups excluding carboxylic acids is 3. The number of hydrogen-bond acceptors (Lipinski definition) is 4. The molecule has 0 atom stereocenters. The normalized spacial score (nSPS) is 10.2. The van der Waals surface area contributed by atoms with Crippen molar-refractivity contribution in [1.82, 2.24) is 0 Å². The monoisotopic (exact) mass is 372 g/mol. The first-order valence-corrected chi connectivity index (χ1v) is 8.52. The van der Waals surface area contributed by atoms with Crippen LogP contribution in [0.15, 0.2) is 42.5 Å². The van der Waals surface area contributed by atoms with Gasteiger partial charge in [0, 0.05) is 31.0 Å². The fraction of sp³-hybridized carbons (Fsp3) is 0.250. The Kier molecular flexibility index (Phi) is 7.05. The Balaban J connectivity index is 1.92. The predicted octanol–water partition coefficient (Wildman–Crippen LogP) is 3.78. The molecule has 2 aromatic rings. The Morgan fingerprint density at radius 1 is 1.00 bits per heavy atom. The van der Waals surface area contributed by atoms with E-state index in [9.17, 15) is 18.8 Å². The molecule has 142 valence electrons. The van der Waals surface area contributed by atoms with E-state index in [0.29, 0.717) is 23.6 Å². The Morgan fingerprint density at radius 3 is 2.33 bits per heavy atom. The van der Waals surface area contributed by atoms with Crippen molar-refractivity contribution in [2.45, 2.75) is 26.7 Å². The Labute approximate surface area is 156 Å². The highest BCUT2D eigenvalue weighted by Crippen LogP contribution is 2.20. The number of ketones is 1. The minimum atomic E-state index is -0.629.